The summed E-state index contributed by atoms with van der Waals surface area (Å²) in [6, 6.07) is 24.1. The average Bonchev–Trinajstić information content (AvgIpc) is 3.12. The topological polar surface area (TPSA) is 132 Å². The van der Waals surface area contributed by atoms with Crippen LogP contribution >= 0.6 is 0 Å². The van der Waals surface area contributed by atoms with Gasteiger partial charge < -0.3 is 31.2 Å². The highest BCUT2D eigenvalue weighted by Gasteiger charge is 2.48. The number of nitrogens with two attached hydrogens (primary N) is 1. The van der Waals surface area contributed by atoms with Gasteiger partial charge in [-0.05, 0) is 91.3 Å². The van der Waals surface area contributed by atoms with Crippen LogP contribution in [-0.2, 0) is 27.2 Å². The molecule has 3 aromatic carbocycles. The van der Waals surface area contributed by atoms with Gasteiger partial charge in [-0.15, -0.1) is 0 Å². The number of carbonyl (C=O) groups is 3. The van der Waals surface area contributed by atoms with E-state index in [1.54, 1.807) is 31.4 Å². The van der Waals surface area contributed by atoms with Gasteiger partial charge in [0, 0.05) is 32.1 Å². The van der Waals surface area contributed by atoms with Gasteiger partial charge in [-0.2, -0.15) is 0 Å². The fourth-order valence-corrected chi connectivity index (χ4v) is 6.88. The first-order chi connectivity index (χ1) is 22.8. The predicted octanol–water partition coefficient (Wildman–Crippen LogP) is 4.20. The number of hydrogen-bond acceptors (Lipinski definition) is 6. The molecule has 0 heterocycles. The Morgan fingerprint density at radius 1 is 0.702 bits per heavy atom. The molecule has 3 amide bonds. The zero-order valence-electron chi connectivity index (χ0n) is 27.3. The minimum atomic E-state index is -0.922. The Morgan fingerprint density at radius 3 is 1.85 bits per heavy atom. The van der Waals surface area contributed by atoms with Crippen molar-refractivity contribution in [2.24, 2.45) is 16.6 Å². The Hall–Kier alpha value is -4.21. The molecule has 3 saturated carbocycles. The standard InChI is InChI=1S/C38H48N4O5/c1-46-22-23-47-31-14-12-29(13-15-31)25-33(41-34(43)30-10-6-3-7-11-30)36(45)42-32(24-28-8-4-2-5-9-28)35(44)40-27-38-19-16-37(26-39,17-20-38)18-21-38/h2-15,32-33H,16-27,39H2,1H3,(H,40,44)(H,41,43)(H,42,45)/t32-,33+,37?,38?/m0/s1. The van der Waals surface area contributed by atoms with Crippen molar-refractivity contribution in [3.8, 4) is 5.75 Å². The molecule has 9 nitrogen and oxygen atoms in total. The van der Waals surface area contributed by atoms with Gasteiger partial charge in [-0.25, -0.2) is 0 Å². The minimum absolute atomic E-state index is 0.0829. The van der Waals surface area contributed by atoms with Gasteiger partial charge in [0.05, 0.1) is 6.61 Å². The monoisotopic (exact) mass is 640 g/mol. The summed E-state index contributed by atoms with van der Waals surface area (Å²) in [6.07, 6.45) is 7.05. The van der Waals surface area contributed by atoms with Gasteiger partial charge in [0.1, 0.15) is 24.4 Å². The number of rotatable bonds is 16. The Balaban J connectivity index is 1.30. The van der Waals surface area contributed by atoms with E-state index in [2.05, 4.69) is 16.0 Å². The van der Waals surface area contributed by atoms with Crippen molar-refractivity contribution in [3.63, 3.8) is 0 Å². The summed E-state index contributed by atoms with van der Waals surface area (Å²) in [7, 11) is 1.62. The summed E-state index contributed by atoms with van der Waals surface area (Å²) in [4.78, 5) is 41.1. The van der Waals surface area contributed by atoms with E-state index in [9.17, 15) is 14.4 Å². The smallest absolute Gasteiger partial charge is 0.251 e. The third-order valence-electron chi connectivity index (χ3n) is 10.1. The Labute approximate surface area is 278 Å². The molecule has 3 aliphatic carbocycles. The van der Waals surface area contributed by atoms with Crippen molar-refractivity contribution in [2.75, 3.05) is 33.4 Å². The van der Waals surface area contributed by atoms with Crippen molar-refractivity contribution in [3.05, 3.63) is 102 Å². The zero-order chi connectivity index (χ0) is 33.1. The van der Waals surface area contributed by atoms with Crippen LogP contribution in [0.3, 0.4) is 0 Å². The molecule has 0 aromatic heterocycles. The van der Waals surface area contributed by atoms with E-state index in [4.69, 9.17) is 15.2 Å². The van der Waals surface area contributed by atoms with E-state index in [0.717, 1.165) is 56.2 Å². The van der Waals surface area contributed by atoms with Crippen molar-refractivity contribution < 1.29 is 23.9 Å². The van der Waals surface area contributed by atoms with Crippen molar-refractivity contribution >= 4 is 17.7 Å². The quantitative estimate of drug-likeness (QED) is 0.174. The highest BCUT2D eigenvalue weighted by molar-refractivity contribution is 5.98. The molecule has 47 heavy (non-hydrogen) atoms. The highest BCUT2D eigenvalue weighted by atomic mass is 16.5. The lowest BCUT2D eigenvalue weighted by molar-refractivity contribution is -0.130. The number of amides is 3. The molecule has 2 bridgehead atoms. The minimum Gasteiger partial charge on any atom is -0.491 e. The SMILES string of the molecule is COCCOc1ccc(C[C@@H](NC(=O)c2ccccc2)C(=O)N[C@@H](Cc2ccccc2)C(=O)NCC23CCC(CN)(CC2)CC3)cc1. The molecule has 3 aromatic rings. The van der Waals surface area contributed by atoms with Crippen LogP contribution in [0.5, 0.6) is 5.75 Å². The van der Waals surface area contributed by atoms with E-state index < -0.39 is 18.0 Å². The van der Waals surface area contributed by atoms with Crippen LogP contribution in [-0.4, -0.2) is 63.2 Å². The van der Waals surface area contributed by atoms with Crippen LogP contribution in [0.2, 0.25) is 0 Å². The fourth-order valence-electron chi connectivity index (χ4n) is 6.88. The summed E-state index contributed by atoms with van der Waals surface area (Å²) in [6.45, 7) is 2.22. The molecule has 0 unspecified atom stereocenters. The zero-order valence-corrected chi connectivity index (χ0v) is 27.3. The van der Waals surface area contributed by atoms with E-state index in [1.165, 1.54) is 0 Å². The second-order valence-corrected chi connectivity index (χ2v) is 13.3. The van der Waals surface area contributed by atoms with Gasteiger partial charge in [-0.1, -0.05) is 60.7 Å². The number of benzene rings is 3. The second-order valence-electron chi connectivity index (χ2n) is 13.3. The lowest BCUT2D eigenvalue weighted by atomic mass is 9.54. The highest BCUT2D eigenvalue weighted by Crippen LogP contribution is 2.56. The summed E-state index contributed by atoms with van der Waals surface area (Å²) in [5.41, 5.74) is 8.69. The lowest BCUT2D eigenvalue weighted by Crippen LogP contribution is -2.56. The van der Waals surface area contributed by atoms with Crippen LogP contribution in [0.25, 0.3) is 0 Å². The van der Waals surface area contributed by atoms with Gasteiger partial charge in [0.25, 0.3) is 5.91 Å². The third kappa shape index (κ3) is 9.20. The molecule has 0 radical (unpaired) electrons. The average molecular weight is 641 g/mol. The van der Waals surface area contributed by atoms with Crippen LogP contribution in [0, 0.1) is 10.8 Å². The van der Waals surface area contributed by atoms with Crippen molar-refractivity contribution in [2.45, 2.75) is 63.5 Å². The third-order valence-corrected chi connectivity index (χ3v) is 10.1. The second kappa shape index (κ2) is 16.1. The normalized spacial score (nSPS) is 21.3. The molecule has 0 spiro atoms. The van der Waals surface area contributed by atoms with Gasteiger partial charge in [-0.3, -0.25) is 14.4 Å². The molecular weight excluding hydrogens is 592 g/mol. The summed E-state index contributed by atoms with van der Waals surface area (Å²) in [5.74, 6) is -0.323. The summed E-state index contributed by atoms with van der Waals surface area (Å²) in [5, 5.41) is 9.14. The Morgan fingerprint density at radius 2 is 1.26 bits per heavy atom. The van der Waals surface area contributed by atoms with Crippen molar-refractivity contribution in [1.29, 1.82) is 0 Å². The van der Waals surface area contributed by atoms with E-state index in [0.29, 0.717) is 37.5 Å². The number of hydrogen-bond donors (Lipinski definition) is 4. The number of carbonyl (C=O) groups excluding carboxylic acids is 3. The molecule has 0 aliphatic heterocycles. The van der Waals surface area contributed by atoms with Gasteiger partial charge >= 0.3 is 0 Å². The van der Waals surface area contributed by atoms with E-state index in [1.807, 2.05) is 60.7 Å². The molecule has 5 N–H and O–H groups in total. The molecule has 3 fully saturated rings. The Bertz CT molecular complexity index is 1440. The molecule has 3 aliphatic rings. The molecule has 9 heteroatoms. The lowest BCUT2D eigenvalue weighted by Gasteiger charge is -2.53. The van der Waals surface area contributed by atoms with Crippen molar-refractivity contribution in [1.82, 2.24) is 16.0 Å². The maximum absolute atomic E-state index is 14.0. The first-order valence-electron chi connectivity index (χ1n) is 16.7. The maximum atomic E-state index is 14.0. The number of ether oxygens (including phenoxy) is 2. The van der Waals surface area contributed by atoms with E-state index >= 15 is 0 Å². The van der Waals surface area contributed by atoms with Crippen LogP contribution in [0.4, 0.5) is 0 Å². The largest absolute Gasteiger partial charge is 0.491 e. The molecular formula is C38H48N4O5. The number of nitrogens with one attached hydrogen (secondary N) is 3. The molecule has 250 valence electrons. The van der Waals surface area contributed by atoms with Crippen LogP contribution in [0.15, 0.2) is 84.9 Å². The molecule has 6 rings (SSSR count). The van der Waals surface area contributed by atoms with E-state index in [-0.39, 0.29) is 29.1 Å². The first-order valence-corrected chi connectivity index (χ1v) is 16.7. The van der Waals surface area contributed by atoms with Gasteiger partial charge in [0.2, 0.25) is 11.8 Å². The maximum Gasteiger partial charge on any atom is 0.251 e. The summed E-state index contributed by atoms with van der Waals surface area (Å²) >= 11 is 0. The fraction of sp³-hybridized carbons (Fsp3) is 0.447. The van der Waals surface area contributed by atoms with Gasteiger partial charge in [0.15, 0.2) is 0 Å². The predicted molar refractivity (Wildman–Crippen MR) is 182 cm³/mol. The van der Waals surface area contributed by atoms with Crippen LogP contribution < -0.4 is 26.4 Å². The molecule has 2 atom stereocenters. The van der Waals surface area contributed by atoms with Crippen LogP contribution in [0.1, 0.15) is 60.0 Å². The number of fused-ring (bicyclic) bond motifs is 3. The first kappa shape index (κ1) is 34.1. The molecule has 0 saturated heterocycles. The summed E-state index contributed by atoms with van der Waals surface area (Å²) < 4.78 is 10.7. The Kier molecular flexibility index (Phi) is 11.7. The number of methoxy groups -OCH3 is 1.